The van der Waals surface area contributed by atoms with Crippen LogP contribution in [0.25, 0.3) is 22.2 Å². The van der Waals surface area contributed by atoms with Crippen molar-refractivity contribution in [3.8, 4) is 22.8 Å². The number of carbonyl (C=O) groups is 1. The number of thiazole rings is 1. The summed E-state index contributed by atoms with van der Waals surface area (Å²) in [6.45, 7) is 0. The first-order valence-electron chi connectivity index (χ1n) is 8.35. The summed E-state index contributed by atoms with van der Waals surface area (Å²) in [5, 5.41) is 5.34. The number of H-pyrrole nitrogens is 1. The molecule has 0 saturated carbocycles. The van der Waals surface area contributed by atoms with Crippen LogP contribution >= 0.6 is 11.3 Å². The number of aromatic nitrogens is 2. The summed E-state index contributed by atoms with van der Waals surface area (Å²) in [5.74, 6) is 0.549. The van der Waals surface area contributed by atoms with E-state index in [1.807, 2.05) is 11.4 Å². The molecule has 6 nitrogen and oxygen atoms in total. The Hall–Kier alpha value is -3.39. The van der Waals surface area contributed by atoms with Crippen LogP contribution in [0.5, 0.6) is 11.5 Å². The number of hydrogen-bond donors (Lipinski definition) is 2. The molecule has 2 aromatic carbocycles. The van der Waals surface area contributed by atoms with Crippen molar-refractivity contribution >= 4 is 33.3 Å². The number of carbonyl (C=O) groups excluding carboxylic acids is 1. The molecule has 142 valence electrons. The number of rotatable bonds is 5. The van der Waals surface area contributed by atoms with Crippen LogP contribution in [0.3, 0.4) is 0 Å². The first-order valence-corrected chi connectivity index (χ1v) is 9.23. The van der Waals surface area contributed by atoms with E-state index in [1.54, 1.807) is 38.5 Å². The second-order valence-corrected chi connectivity index (χ2v) is 6.80. The molecule has 2 N–H and O–H groups in total. The second kappa shape index (κ2) is 7.32. The number of hydrogen-bond acceptors (Lipinski definition) is 5. The Labute approximate surface area is 163 Å². The van der Waals surface area contributed by atoms with E-state index in [1.165, 1.54) is 23.5 Å². The van der Waals surface area contributed by atoms with Gasteiger partial charge in [0.2, 0.25) is 0 Å². The number of nitrogens with zero attached hydrogens (tertiary/aromatic N) is 1. The summed E-state index contributed by atoms with van der Waals surface area (Å²) in [7, 11) is 3.16. The molecular weight excluding hydrogens is 381 g/mol. The van der Waals surface area contributed by atoms with Crippen molar-refractivity contribution in [2.75, 3.05) is 19.5 Å². The molecule has 0 unspecified atom stereocenters. The number of nitrogens with one attached hydrogen (secondary N) is 2. The fourth-order valence-electron chi connectivity index (χ4n) is 2.87. The van der Waals surface area contributed by atoms with Gasteiger partial charge in [0.15, 0.2) is 5.13 Å². The SMILES string of the molecule is COc1ccc(OC)c(-c2csc(NC(=O)c3cc4c(F)cccc4[nH]3)n2)c1. The van der Waals surface area contributed by atoms with Gasteiger partial charge in [0.05, 0.1) is 19.9 Å². The van der Waals surface area contributed by atoms with Gasteiger partial charge in [-0.2, -0.15) is 0 Å². The highest BCUT2D eigenvalue weighted by molar-refractivity contribution is 7.14. The Balaban J connectivity index is 1.59. The zero-order valence-electron chi connectivity index (χ0n) is 15.1. The predicted molar refractivity (Wildman–Crippen MR) is 107 cm³/mol. The highest BCUT2D eigenvalue weighted by Gasteiger charge is 2.16. The smallest absolute Gasteiger partial charge is 0.273 e. The molecular formula is C20H16FN3O3S. The van der Waals surface area contributed by atoms with Crippen LogP contribution < -0.4 is 14.8 Å². The molecule has 0 spiro atoms. The largest absolute Gasteiger partial charge is 0.497 e. The fraction of sp³-hybridized carbons (Fsp3) is 0.100. The molecule has 0 aliphatic carbocycles. The van der Waals surface area contributed by atoms with Crippen LogP contribution in [0.2, 0.25) is 0 Å². The van der Waals surface area contributed by atoms with E-state index in [2.05, 4.69) is 15.3 Å². The van der Waals surface area contributed by atoms with Crippen LogP contribution in [-0.4, -0.2) is 30.1 Å². The van der Waals surface area contributed by atoms with Gasteiger partial charge < -0.3 is 14.5 Å². The Bertz CT molecular complexity index is 1170. The minimum atomic E-state index is -0.394. The van der Waals surface area contributed by atoms with Gasteiger partial charge in [-0.3, -0.25) is 10.1 Å². The van der Waals surface area contributed by atoms with Crippen molar-refractivity contribution < 1.29 is 18.7 Å². The number of aromatic amines is 1. The summed E-state index contributed by atoms with van der Waals surface area (Å²) < 4.78 is 24.5. The predicted octanol–water partition coefficient (Wildman–Crippen LogP) is 4.70. The first-order chi connectivity index (χ1) is 13.6. The number of amides is 1. The van der Waals surface area contributed by atoms with Crippen molar-refractivity contribution in [1.82, 2.24) is 9.97 Å². The first kappa shape index (κ1) is 18.0. The molecule has 0 aliphatic rings. The lowest BCUT2D eigenvalue weighted by Gasteiger charge is -2.08. The van der Waals surface area contributed by atoms with Crippen LogP contribution in [0.4, 0.5) is 9.52 Å². The van der Waals surface area contributed by atoms with E-state index in [9.17, 15) is 9.18 Å². The summed E-state index contributed by atoms with van der Waals surface area (Å²) in [6.07, 6.45) is 0. The third-order valence-electron chi connectivity index (χ3n) is 4.26. The topological polar surface area (TPSA) is 76.2 Å². The van der Waals surface area contributed by atoms with Gasteiger partial charge in [-0.1, -0.05) is 6.07 Å². The van der Waals surface area contributed by atoms with E-state index in [0.717, 1.165) is 5.56 Å². The van der Waals surface area contributed by atoms with Gasteiger partial charge in [-0.25, -0.2) is 9.37 Å². The molecule has 28 heavy (non-hydrogen) atoms. The van der Waals surface area contributed by atoms with Crippen LogP contribution in [0.15, 0.2) is 47.8 Å². The number of benzene rings is 2. The van der Waals surface area contributed by atoms with E-state index >= 15 is 0 Å². The Morgan fingerprint density at radius 3 is 2.79 bits per heavy atom. The number of ether oxygens (including phenoxy) is 2. The number of anilines is 1. The highest BCUT2D eigenvalue weighted by atomic mass is 32.1. The highest BCUT2D eigenvalue weighted by Crippen LogP contribution is 2.35. The van der Waals surface area contributed by atoms with Gasteiger partial charge in [0, 0.05) is 21.8 Å². The number of fused-ring (bicyclic) bond motifs is 1. The zero-order valence-corrected chi connectivity index (χ0v) is 15.9. The Morgan fingerprint density at radius 2 is 2.04 bits per heavy atom. The normalized spacial score (nSPS) is 10.8. The molecule has 2 heterocycles. The molecule has 1 amide bonds. The van der Waals surface area contributed by atoms with Gasteiger partial charge in [-0.05, 0) is 36.4 Å². The molecule has 0 bridgehead atoms. The number of methoxy groups -OCH3 is 2. The van der Waals surface area contributed by atoms with Gasteiger partial charge in [0.1, 0.15) is 23.0 Å². The maximum atomic E-state index is 13.8. The maximum Gasteiger partial charge on any atom is 0.273 e. The van der Waals surface area contributed by atoms with Crippen LogP contribution in [0, 0.1) is 5.82 Å². The fourth-order valence-corrected chi connectivity index (χ4v) is 3.58. The Kier molecular flexibility index (Phi) is 4.70. The van der Waals surface area contributed by atoms with Gasteiger partial charge in [0.25, 0.3) is 5.91 Å². The molecule has 4 rings (SSSR count). The molecule has 4 aromatic rings. The minimum absolute atomic E-state index is 0.260. The minimum Gasteiger partial charge on any atom is -0.497 e. The number of halogens is 1. The lowest BCUT2D eigenvalue weighted by atomic mass is 10.1. The average molecular weight is 397 g/mol. The van der Waals surface area contributed by atoms with Crippen molar-refractivity contribution in [1.29, 1.82) is 0 Å². The van der Waals surface area contributed by atoms with Crippen molar-refractivity contribution in [3.05, 3.63) is 59.4 Å². The van der Waals surface area contributed by atoms with Crippen LogP contribution in [0.1, 0.15) is 10.5 Å². The second-order valence-electron chi connectivity index (χ2n) is 5.94. The molecule has 0 saturated heterocycles. The van der Waals surface area contributed by atoms with E-state index in [4.69, 9.17) is 9.47 Å². The molecule has 0 aliphatic heterocycles. The summed E-state index contributed by atoms with van der Waals surface area (Å²) >= 11 is 1.28. The monoisotopic (exact) mass is 397 g/mol. The third-order valence-corrected chi connectivity index (χ3v) is 5.02. The molecule has 8 heteroatoms. The van der Waals surface area contributed by atoms with E-state index < -0.39 is 5.91 Å². The van der Waals surface area contributed by atoms with Crippen molar-refractivity contribution in [2.45, 2.75) is 0 Å². The zero-order chi connectivity index (χ0) is 19.7. The molecule has 0 radical (unpaired) electrons. The summed E-state index contributed by atoms with van der Waals surface area (Å²) in [5.41, 5.74) is 2.23. The van der Waals surface area contributed by atoms with Crippen molar-refractivity contribution in [2.24, 2.45) is 0 Å². The van der Waals surface area contributed by atoms with Crippen LogP contribution in [-0.2, 0) is 0 Å². The summed E-state index contributed by atoms with van der Waals surface area (Å²) in [6, 6.07) is 11.6. The Morgan fingerprint density at radius 1 is 1.18 bits per heavy atom. The van der Waals surface area contributed by atoms with Gasteiger partial charge in [-0.15, -0.1) is 11.3 Å². The summed E-state index contributed by atoms with van der Waals surface area (Å²) in [4.78, 5) is 19.9. The quantitative estimate of drug-likeness (QED) is 0.512. The molecule has 0 fully saturated rings. The van der Waals surface area contributed by atoms with Gasteiger partial charge >= 0.3 is 0 Å². The molecule has 2 aromatic heterocycles. The van der Waals surface area contributed by atoms with Crippen molar-refractivity contribution in [3.63, 3.8) is 0 Å². The lowest BCUT2D eigenvalue weighted by Crippen LogP contribution is -2.11. The standard InChI is InChI=1S/C20H16FN3O3S/c1-26-11-6-7-18(27-2)13(8-11)17-10-28-20(23-17)24-19(25)16-9-12-14(21)4-3-5-15(12)22-16/h3-10,22H,1-2H3,(H,23,24,25). The maximum absolute atomic E-state index is 13.8. The average Bonchev–Trinajstić information content (AvgIpc) is 3.35. The van der Waals surface area contributed by atoms with E-state index in [-0.39, 0.29) is 11.5 Å². The van der Waals surface area contributed by atoms with E-state index in [0.29, 0.717) is 33.2 Å². The molecule has 0 atom stereocenters. The third kappa shape index (κ3) is 3.29. The lowest BCUT2D eigenvalue weighted by molar-refractivity contribution is 0.102.